The molecular weight excluding hydrogens is 416 g/mol. The molecule has 7 nitrogen and oxygen atoms in total. The maximum Gasteiger partial charge on any atom is 0.256 e. The van der Waals surface area contributed by atoms with E-state index in [2.05, 4.69) is 11.2 Å². The molecule has 3 atom stereocenters. The monoisotopic (exact) mass is 442 g/mol. The summed E-state index contributed by atoms with van der Waals surface area (Å²) in [5.41, 5.74) is 4.75. The number of rotatable bonds is 4. The van der Waals surface area contributed by atoms with Crippen LogP contribution in [0, 0.1) is 18.3 Å². The first-order valence-electron chi connectivity index (χ1n) is 11.3. The van der Waals surface area contributed by atoms with Crippen LogP contribution in [0.1, 0.15) is 70.1 Å². The third kappa shape index (κ3) is 3.62. The van der Waals surface area contributed by atoms with E-state index in [0.717, 1.165) is 29.7 Å². The lowest BCUT2D eigenvalue weighted by atomic mass is 9.90. The van der Waals surface area contributed by atoms with Gasteiger partial charge in [0.1, 0.15) is 0 Å². The molecule has 1 fully saturated rings. The van der Waals surface area contributed by atoms with Gasteiger partial charge < -0.3 is 15.1 Å². The minimum atomic E-state index is -1.14. The number of carbonyl (C=O) groups excluding carboxylic acids is 1. The van der Waals surface area contributed by atoms with Crippen LogP contribution in [0.3, 0.4) is 0 Å². The number of nitriles is 1. The molecule has 0 spiro atoms. The van der Waals surface area contributed by atoms with Crippen molar-refractivity contribution in [2.75, 3.05) is 0 Å². The molecule has 3 aromatic rings. The lowest BCUT2D eigenvalue weighted by Crippen LogP contribution is -2.47. The van der Waals surface area contributed by atoms with Gasteiger partial charge in [-0.05, 0) is 67.1 Å². The quantitative estimate of drug-likeness (QED) is 0.645. The molecule has 1 aromatic heterocycles. The summed E-state index contributed by atoms with van der Waals surface area (Å²) in [6.07, 6.45) is 5.43. The minimum absolute atomic E-state index is 0.272. The molecule has 3 unspecified atom stereocenters. The lowest BCUT2D eigenvalue weighted by Gasteiger charge is -2.37. The molecule has 1 saturated carbocycles. The molecule has 2 heterocycles. The number of aromatic nitrogens is 2. The summed E-state index contributed by atoms with van der Waals surface area (Å²) in [6.45, 7) is 1.79. The van der Waals surface area contributed by atoms with Crippen LogP contribution in [0.25, 0.3) is 5.69 Å². The smallest absolute Gasteiger partial charge is 0.256 e. The lowest BCUT2D eigenvalue weighted by molar-refractivity contribution is -0.0497. The first-order valence-corrected chi connectivity index (χ1v) is 11.3. The van der Waals surface area contributed by atoms with Crippen molar-refractivity contribution in [1.29, 1.82) is 5.26 Å². The molecule has 2 N–H and O–H groups in total. The van der Waals surface area contributed by atoms with Gasteiger partial charge in [-0.1, -0.05) is 25.0 Å². The average molecular weight is 443 g/mol. The van der Waals surface area contributed by atoms with Crippen molar-refractivity contribution in [3.8, 4) is 11.8 Å². The normalized spacial score (nSPS) is 22.3. The van der Waals surface area contributed by atoms with Crippen LogP contribution in [0.2, 0.25) is 0 Å². The standard InChI is InChI=1S/C26H26N4O3/c1-16-21(15-27)18(13-17-7-9-19(10-8-17)29-12-4-11-28-29)14-20-24(16)26(33)30(25(20)32)22-5-2-3-6-23(22)31/h4,7-12,14,22-23,26,31,33H,2-3,5-6,13H2,1H3. The van der Waals surface area contributed by atoms with Gasteiger partial charge in [0, 0.05) is 23.5 Å². The number of hydrogen-bond donors (Lipinski definition) is 2. The summed E-state index contributed by atoms with van der Waals surface area (Å²) >= 11 is 0. The van der Waals surface area contributed by atoms with E-state index in [1.54, 1.807) is 23.9 Å². The fourth-order valence-corrected chi connectivity index (χ4v) is 5.25. The fourth-order valence-electron chi connectivity index (χ4n) is 5.25. The second-order valence-electron chi connectivity index (χ2n) is 8.91. The molecule has 0 bridgehead atoms. The largest absolute Gasteiger partial charge is 0.391 e. The van der Waals surface area contributed by atoms with Gasteiger partial charge in [-0.2, -0.15) is 10.4 Å². The first-order chi connectivity index (χ1) is 16.0. The molecule has 7 heteroatoms. The Labute approximate surface area is 192 Å². The highest BCUT2D eigenvalue weighted by Gasteiger charge is 2.44. The van der Waals surface area contributed by atoms with Gasteiger partial charge in [0.25, 0.3) is 5.91 Å². The predicted molar refractivity (Wildman–Crippen MR) is 122 cm³/mol. The summed E-state index contributed by atoms with van der Waals surface area (Å²) in [4.78, 5) is 14.8. The number of nitrogens with zero attached hydrogens (tertiary/aromatic N) is 4. The number of benzene rings is 2. The third-order valence-electron chi connectivity index (χ3n) is 6.96. The Kier molecular flexibility index (Phi) is 5.49. The summed E-state index contributed by atoms with van der Waals surface area (Å²) in [6, 6.07) is 13.4. The number of carbonyl (C=O) groups is 1. The molecule has 2 aliphatic rings. The van der Waals surface area contributed by atoms with Gasteiger partial charge in [-0.3, -0.25) is 4.79 Å². The highest BCUT2D eigenvalue weighted by atomic mass is 16.3. The van der Waals surface area contributed by atoms with Gasteiger partial charge in [-0.25, -0.2) is 4.68 Å². The Morgan fingerprint density at radius 2 is 1.94 bits per heavy atom. The summed E-state index contributed by atoms with van der Waals surface area (Å²) in [7, 11) is 0. The molecule has 5 rings (SSSR count). The number of fused-ring (bicyclic) bond motifs is 1. The number of aliphatic hydroxyl groups is 2. The van der Waals surface area contributed by atoms with Crippen LogP contribution in [0.4, 0.5) is 0 Å². The molecule has 0 radical (unpaired) electrons. The zero-order valence-corrected chi connectivity index (χ0v) is 18.5. The van der Waals surface area contributed by atoms with Gasteiger partial charge >= 0.3 is 0 Å². The van der Waals surface area contributed by atoms with Gasteiger partial charge in [-0.15, -0.1) is 0 Å². The highest BCUT2D eigenvalue weighted by Crippen LogP contribution is 2.41. The van der Waals surface area contributed by atoms with Crippen LogP contribution < -0.4 is 0 Å². The van der Waals surface area contributed by atoms with Crippen molar-refractivity contribution in [1.82, 2.24) is 14.7 Å². The molecular formula is C26H26N4O3. The number of hydrogen-bond acceptors (Lipinski definition) is 5. The maximum atomic E-state index is 13.3. The third-order valence-corrected chi connectivity index (χ3v) is 6.96. The summed E-state index contributed by atoms with van der Waals surface area (Å²) < 4.78 is 1.78. The molecule has 1 amide bonds. The van der Waals surface area contributed by atoms with Crippen molar-refractivity contribution in [2.45, 2.75) is 57.4 Å². The Morgan fingerprint density at radius 3 is 2.61 bits per heavy atom. The predicted octanol–water partition coefficient (Wildman–Crippen LogP) is 3.39. The Morgan fingerprint density at radius 1 is 1.18 bits per heavy atom. The van der Waals surface area contributed by atoms with Crippen molar-refractivity contribution in [3.63, 3.8) is 0 Å². The van der Waals surface area contributed by atoms with E-state index in [-0.39, 0.29) is 5.91 Å². The summed E-state index contributed by atoms with van der Waals surface area (Å²) in [5, 5.41) is 35.7. The SMILES string of the molecule is Cc1c(C#N)c(Cc2ccc(-n3cccn3)cc2)cc2c1C(O)N(C1CCCCC1O)C2=O. The van der Waals surface area contributed by atoms with Crippen LogP contribution >= 0.6 is 0 Å². The van der Waals surface area contributed by atoms with Gasteiger partial charge in [0.15, 0.2) is 6.23 Å². The second kappa shape index (κ2) is 8.47. The van der Waals surface area contributed by atoms with E-state index in [9.17, 15) is 20.3 Å². The highest BCUT2D eigenvalue weighted by molar-refractivity contribution is 6.00. The van der Waals surface area contributed by atoms with Crippen LogP contribution in [-0.2, 0) is 6.42 Å². The zero-order chi connectivity index (χ0) is 23.1. The maximum absolute atomic E-state index is 13.3. The topological polar surface area (TPSA) is 102 Å². The van der Waals surface area contributed by atoms with E-state index in [1.165, 1.54) is 4.90 Å². The van der Waals surface area contributed by atoms with Crippen molar-refractivity contribution in [2.24, 2.45) is 0 Å². The van der Waals surface area contributed by atoms with E-state index < -0.39 is 18.4 Å². The van der Waals surface area contributed by atoms with Gasteiger partial charge in [0.05, 0.1) is 29.5 Å². The van der Waals surface area contributed by atoms with E-state index >= 15 is 0 Å². The molecule has 168 valence electrons. The minimum Gasteiger partial charge on any atom is -0.391 e. The Balaban J connectivity index is 1.48. The Bertz CT molecular complexity index is 1230. The second-order valence-corrected chi connectivity index (χ2v) is 8.91. The van der Waals surface area contributed by atoms with Gasteiger partial charge in [0.2, 0.25) is 0 Å². The molecule has 0 saturated heterocycles. The molecule has 33 heavy (non-hydrogen) atoms. The first kappa shape index (κ1) is 21.4. The number of aliphatic hydroxyl groups excluding tert-OH is 2. The molecule has 1 aliphatic heterocycles. The van der Waals surface area contributed by atoms with Crippen LogP contribution in [-0.4, -0.2) is 42.9 Å². The van der Waals surface area contributed by atoms with Crippen LogP contribution in [0.15, 0.2) is 48.8 Å². The van der Waals surface area contributed by atoms with Crippen molar-refractivity contribution in [3.05, 3.63) is 82.2 Å². The summed E-state index contributed by atoms with van der Waals surface area (Å²) in [5.74, 6) is -0.272. The molecule has 2 aromatic carbocycles. The zero-order valence-electron chi connectivity index (χ0n) is 18.5. The van der Waals surface area contributed by atoms with Crippen molar-refractivity contribution < 1.29 is 15.0 Å². The van der Waals surface area contributed by atoms with Crippen LogP contribution in [0.5, 0.6) is 0 Å². The molecule has 1 aliphatic carbocycles. The Hall–Kier alpha value is -3.47. The fraction of sp³-hybridized carbons (Fsp3) is 0.346. The van der Waals surface area contributed by atoms with E-state index in [4.69, 9.17) is 0 Å². The average Bonchev–Trinajstić information content (AvgIpc) is 3.43. The van der Waals surface area contributed by atoms with E-state index in [1.807, 2.05) is 36.5 Å². The number of amides is 1. The van der Waals surface area contributed by atoms with Crippen molar-refractivity contribution >= 4 is 5.91 Å². The van der Waals surface area contributed by atoms with E-state index in [0.29, 0.717) is 41.5 Å².